The summed E-state index contributed by atoms with van der Waals surface area (Å²) < 4.78 is 0. The van der Waals surface area contributed by atoms with Crippen molar-refractivity contribution in [1.29, 1.82) is 0 Å². The molecule has 0 radical (unpaired) electrons. The Bertz CT molecular complexity index is 420. The number of rotatable bonds is 2. The first-order chi connectivity index (χ1) is 6.68. The predicted molar refractivity (Wildman–Crippen MR) is 58.6 cm³/mol. The summed E-state index contributed by atoms with van der Waals surface area (Å²) >= 11 is 3.16. The zero-order chi connectivity index (χ0) is 10.1. The average molecular weight is 226 g/mol. The van der Waals surface area contributed by atoms with Crippen LogP contribution < -0.4 is 0 Å². The van der Waals surface area contributed by atoms with Crippen LogP contribution in [0.15, 0.2) is 11.7 Å². The summed E-state index contributed by atoms with van der Waals surface area (Å²) in [5.41, 5.74) is 2.56. The Kier molecular flexibility index (Phi) is 2.62. The molecule has 2 aromatic heterocycles. The molecule has 74 valence electrons. The molecule has 0 saturated carbocycles. The van der Waals surface area contributed by atoms with Crippen molar-refractivity contribution in [2.75, 3.05) is 0 Å². The van der Waals surface area contributed by atoms with Gasteiger partial charge in [0.25, 0.3) is 0 Å². The van der Waals surface area contributed by atoms with Gasteiger partial charge in [-0.3, -0.25) is 4.98 Å². The summed E-state index contributed by atoms with van der Waals surface area (Å²) in [4.78, 5) is 10.5. The lowest BCUT2D eigenvalue weighted by atomic mass is 10.3. The second-order valence-corrected chi connectivity index (χ2v) is 5.09. The van der Waals surface area contributed by atoms with Crippen LogP contribution in [0.5, 0.6) is 0 Å². The molecule has 0 aliphatic heterocycles. The number of aromatic nitrogens is 2. The van der Waals surface area contributed by atoms with Gasteiger partial charge in [0.1, 0.15) is 5.01 Å². The maximum Gasteiger partial charge on any atom is 0.135 e. The number of hydrogen-bond acceptors (Lipinski definition) is 5. The molecule has 2 heterocycles. The Hall–Kier alpha value is -0.780. The van der Waals surface area contributed by atoms with Gasteiger partial charge in [-0.25, -0.2) is 4.98 Å². The maximum atomic E-state index is 9.45. The molecule has 0 fully saturated rings. The number of thiazole rings is 2. The maximum absolute atomic E-state index is 9.45. The Morgan fingerprint density at radius 3 is 2.79 bits per heavy atom. The van der Waals surface area contributed by atoms with Gasteiger partial charge in [0, 0.05) is 11.1 Å². The minimum absolute atomic E-state index is 0.493. The smallest absolute Gasteiger partial charge is 0.135 e. The van der Waals surface area contributed by atoms with E-state index in [-0.39, 0.29) is 0 Å². The summed E-state index contributed by atoms with van der Waals surface area (Å²) in [5.74, 6) is 0. The van der Waals surface area contributed by atoms with Crippen LogP contribution in [0, 0.1) is 6.92 Å². The molecular weight excluding hydrogens is 216 g/mol. The number of nitrogens with zero attached hydrogens (tertiary/aromatic N) is 2. The van der Waals surface area contributed by atoms with Gasteiger partial charge in [0.2, 0.25) is 0 Å². The molecule has 0 saturated heterocycles. The molecular formula is C9H10N2OS2. The van der Waals surface area contributed by atoms with Crippen LogP contribution in [-0.4, -0.2) is 15.1 Å². The number of aliphatic hydroxyl groups excluding tert-OH is 1. The van der Waals surface area contributed by atoms with Crippen molar-refractivity contribution in [3.05, 3.63) is 22.3 Å². The first-order valence-corrected chi connectivity index (χ1v) is 5.92. The first kappa shape index (κ1) is 9.76. The summed E-state index contributed by atoms with van der Waals surface area (Å²) in [7, 11) is 0. The molecule has 1 atom stereocenters. The van der Waals surface area contributed by atoms with Gasteiger partial charge in [-0.15, -0.1) is 22.7 Å². The molecule has 2 aromatic rings. The number of aliphatic hydroxyl groups is 1. The topological polar surface area (TPSA) is 46.0 Å². The molecule has 1 unspecified atom stereocenters. The van der Waals surface area contributed by atoms with Crippen molar-refractivity contribution in [3.63, 3.8) is 0 Å². The predicted octanol–water partition coefficient (Wildman–Crippen LogP) is 2.63. The fourth-order valence-corrected chi connectivity index (χ4v) is 2.90. The van der Waals surface area contributed by atoms with Gasteiger partial charge in [0.05, 0.1) is 22.2 Å². The van der Waals surface area contributed by atoms with Gasteiger partial charge in [0.15, 0.2) is 0 Å². The van der Waals surface area contributed by atoms with Crippen molar-refractivity contribution < 1.29 is 5.11 Å². The fraction of sp³-hybridized carbons (Fsp3) is 0.333. The van der Waals surface area contributed by atoms with Gasteiger partial charge >= 0.3 is 0 Å². The van der Waals surface area contributed by atoms with E-state index < -0.39 is 6.10 Å². The van der Waals surface area contributed by atoms with Crippen molar-refractivity contribution in [3.8, 4) is 9.88 Å². The van der Waals surface area contributed by atoms with E-state index in [1.54, 1.807) is 41.3 Å². The van der Waals surface area contributed by atoms with Gasteiger partial charge in [-0.1, -0.05) is 0 Å². The largest absolute Gasteiger partial charge is 0.387 e. The Labute approximate surface area is 90.1 Å². The molecule has 0 spiro atoms. The summed E-state index contributed by atoms with van der Waals surface area (Å²) in [6.07, 6.45) is 1.31. The van der Waals surface area contributed by atoms with Gasteiger partial charge < -0.3 is 5.11 Å². The molecule has 0 aliphatic rings. The minimum atomic E-state index is -0.493. The second-order valence-electron chi connectivity index (χ2n) is 3.00. The SMILES string of the molecule is Cc1sc(-c2cncs2)nc1C(C)O. The number of hydrogen-bond donors (Lipinski definition) is 1. The number of aryl methyl sites for hydroxylation is 1. The van der Waals surface area contributed by atoms with E-state index in [1.807, 2.05) is 6.92 Å². The van der Waals surface area contributed by atoms with Gasteiger partial charge in [-0.05, 0) is 13.8 Å². The molecule has 0 amide bonds. The van der Waals surface area contributed by atoms with Crippen LogP contribution in [0.2, 0.25) is 0 Å². The third kappa shape index (κ3) is 1.70. The molecule has 1 N–H and O–H groups in total. The second kappa shape index (κ2) is 3.76. The van der Waals surface area contributed by atoms with E-state index in [9.17, 15) is 5.11 Å². The summed E-state index contributed by atoms with van der Waals surface area (Å²) in [5, 5.41) is 10.4. The molecule has 0 bridgehead atoms. The highest BCUT2D eigenvalue weighted by Gasteiger charge is 2.13. The van der Waals surface area contributed by atoms with E-state index >= 15 is 0 Å². The summed E-state index contributed by atoms with van der Waals surface area (Å²) in [6, 6.07) is 0. The Balaban J connectivity index is 2.43. The molecule has 0 aromatic carbocycles. The minimum Gasteiger partial charge on any atom is -0.387 e. The molecule has 3 nitrogen and oxygen atoms in total. The Morgan fingerprint density at radius 2 is 2.29 bits per heavy atom. The standard InChI is InChI=1S/C9H10N2OS2/c1-5(12)8-6(2)14-9(11-8)7-3-10-4-13-7/h3-5,12H,1-2H3. The van der Waals surface area contributed by atoms with Crippen LogP contribution in [-0.2, 0) is 0 Å². The van der Waals surface area contributed by atoms with Crippen molar-refractivity contribution in [2.24, 2.45) is 0 Å². The van der Waals surface area contributed by atoms with Crippen molar-refractivity contribution >= 4 is 22.7 Å². The average Bonchev–Trinajstić information content (AvgIpc) is 2.70. The van der Waals surface area contributed by atoms with E-state index in [2.05, 4.69) is 9.97 Å². The fourth-order valence-electron chi connectivity index (χ4n) is 1.22. The summed E-state index contributed by atoms with van der Waals surface area (Å²) in [6.45, 7) is 3.71. The van der Waals surface area contributed by atoms with Crippen molar-refractivity contribution in [1.82, 2.24) is 9.97 Å². The third-order valence-electron chi connectivity index (χ3n) is 1.87. The zero-order valence-corrected chi connectivity index (χ0v) is 9.52. The highest BCUT2D eigenvalue weighted by molar-refractivity contribution is 7.20. The van der Waals surface area contributed by atoms with Crippen LogP contribution in [0.25, 0.3) is 9.88 Å². The zero-order valence-electron chi connectivity index (χ0n) is 7.89. The normalized spacial score (nSPS) is 13.1. The van der Waals surface area contributed by atoms with Crippen LogP contribution in [0.4, 0.5) is 0 Å². The van der Waals surface area contributed by atoms with E-state index in [0.29, 0.717) is 0 Å². The third-order valence-corrected chi connectivity index (χ3v) is 3.80. The lowest BCUT2D eigenvalue weighted by Crippen LogP contribution is -1.92. The molecule has 5 heteroatoms. The highest BCUT2D eigenvalue weighted by atomic mass is 32.1. The lowest BCUT2D eigenvalue weighted by Gasteiger charge is -1.98. The molecule has 2 rings (SSSR count). The molecule has 0 aliphatic carbocycles. The van der Waals surface area contributed by atoms with E-state index in [1.165, 1.54) is 0 Å². The lowest BCUT2D eigenvalue weighted by molar-refractivity contribution is 0.194. The van der Waals surface area contributed by atoms with Crippen LogP contribution in [0.3, 0.4) is 0 Å². The van der Waals surface area contributed by atoms with Gasteiger partial charge in [-0.2, -0.15) is 0 Å². The highest BCUT2D eigenvalue weighted by Crippen LogP contribution is 2.32. The molecule has 14 heavy (non-hydrogen) atoms. The first-order valence-electron chi connectivity index (χ1n) is 4.22. The van der Waals surface area contributed by atoms with E-state index in [0.717, 1.165) is 20.5 Å². The van der Waals surface area contributed by atoms with Crippen LogP contribution >= 0.6 is 22.7 Å². The Morgan fingerprint density at radius 1 is 1.50 bits per heavy atom. The van der Waals surface area contributed by atoms with E-state index in [4.69, 9.17) is 0 Å². The van der Waals surface area contributed by atoms with Crippen LogP contribution in [0.1, 0.15) is 23.6 Å². The monoisotopic (exact) mass is 226 g/mol. The van der Waals surface area contributed by atoms with Crippen molar-refractivity contribution in [2.45, 2.75) is 20.0 Å². The quantitative estimate of drug-likeness (QED) is 0.856.